The Kier molecular flexibility index (Phi) is 2.82. The highest BCUT2D eigenvalue weighted by Crippen LogP contribution is 2.32. The van der Waals surface area contributed by atoms with Gasteiger partial charge in [-0.1, -0.05) is 0 Å². The van der Waals surface area contributed by atoms with Crippen LogP contribution >= 0.6 is 0 Å². The molecule has 0 atom stereocenters. The van der Waals surface area contributed by atoms with Crippen molar-refractivity contribution in [1.82, 2.24) is 4.31 Å². The number of ether oxygens (including phenoxy) is 1. The van der Waals surface area contributed by atoms with Crippen LogP contribution in [0.25, 0.3) is 5.76 Å². The van der Waals surface area contributed by atoms with Gasteiger partial charge in [0.15, 0.2) is 0 Å². The molecular weight excluding hydrogens is 245 g/mol. The van der Waals surface area contributed by atoms with E-state index in [4.69, 9.17) is 4.74 Å². The third kappa shape index (κ3) is 1.88. The molecule has 0 radical (unpaired) electrons. The van der Waals surface area contributed by atoms with E-state index in [0.717, 1.165) is 10.4 Å². The summed E-state index contributed by atoms with van der Waals surface area (Å²) in [6.45, 7) is 2.21. The second-order valence-electron chi connectivity index (χ2n) is 3.59. The van der Waals surface area contributed by atoms with Crippen LogP contribution in [0.5, 0.6) is 0 Å². The van der Waals surface area contributed by atoms with Gasteiger partial charge in [0, 0.05) is 12.6 Å². The van der Waals surface area contributed by atoms with Gasteiger partial charge < -0.3 is 4.74 Å². The Bertz CT molecular complexity index is 580. The minimum absolute atomic E-state index is 0.0639. The molecule has 1 heterocycles. The van der Waals surface area contributed by atoms with E-state index in [-0.39, 0.29) is 4.90 Å². The van der Waals surface area contributed by atoms with Crippen molar-refractivity contribution < 1.29 is 17.5 Å². The minimum atomic E-state index is -3.66. The average Bonchev–Trinajstić information content (AvgIpc) is 2.26. The van der Waals surface area contributed by atoms with Gasteiger partial charge in [-0.15, -0.1) is 0 Å². The van der Waals surface area contributed by atoms with Gasteiger partial charge in [-0.25, -0.2) is 12.8 Å². The molecule has 0 unspecified atom stereocenters. The van der Waals surface area contributed by atoms with Crippen LogP contribution in [-0.2, 0) is 14.8 Å². The lowest BCUT2D eigenvalue weighted by Crippen LogP contribution is -2.27. The summed E-state index contributed by atoms with van der Waals surface area (Å²) in [7, 11) is -2.27. The first kappa shape index (κ1) is 11.9. The maximum atomic E-state index is 13.1. The van der Waals surface area contributed by atoms with Gasteiger partial charge in [0.25, 0.3) is 10.0 Å². The van der Waals surface area contributed by atoms with Crippen molar-refractivity contribution in [3.63, 3.8) is 0 Å². The fourth-order valence-electron chi connectivity index (χ4n) is 1.64. The van der Waals surface area contributed by atoms with Gasteiger partial charge in [-0.2, -0.15) is 0 Å². The smallest absolute Gasteiger partial charge is 0.264 e. The molecule has 0 saturated heterocycles. The fourth-order valence-corrected chi connectivity index (χ4v) is 2.90. The molecule has 1 aliphatic heterocycles. The highest BCUT2D eigenvalue weighted by Gasteiger charge is 2.30. The molecule has 2 rings (SSSR count). The quantitative estimate of drug-likeness (QED) is 0.811. The lowest BCUT2D eigenvalue weighted by molar-refractivity contribution is 0.292. The average molecular weight is 257 g/mol. The van der Waals surface area contributed by atoms with Crippen molar-refractivity contribution in [3.8, 4) is 0 Å². The van der Waals surface area contributed by atoms with Gasteiger partial charge in [0.05, 0.1) is 12.8 Å². The topological polar surface area (TPSA) is 46.6 Å². The lowest BCUT2D eigenvalue weighted by Gasteiger charge is -2.25. The van der Waals surface area contributed by atoms with Crippen LogP contribution in [-0.4, -0.2) is 26.4 Å². The Balaban J connectivity index is 2.67. The Morgan fingerprint density at radius 3 is 2.76 bits per heavy atom. The normalized spacial score (nSPS) is 17.4. The summed E-state index contributed by atoms with van der Waals surface area (Å²) in [5.41, 5.74) is 0.395. The van der Waals surface area contributed by atoms with Gasteiger partial charge in [-0.3, -0.25) is 4.31 Å². The number of benzene rings is 1. The third-order valence-corrected chi connectivity index (χ3v) is 4.22. The Morgan fingerprint density at radius 2 is 2.12 bits per heavy atom. The second-order valence-corrected chi connectivity index (χ2v) is 5.55. The zero-order valence-electron chi connectivity index (χ0n) is 9.47. The van der Waals surface area contributed by atoms with E-state index in [9.17, 15) is 12.8 Å². The maximum Gasteiger partial charge on any atom is 0.264 e. The largest absolute Gasteiger partial charge is 0.492 e. The molecule has 4 nitrogen and oxygen atoms in total. The molecule has 1 aliphatic rings. The van der Waals surface area contributed by atoms with Crippen molar-refractivity contribution >= 4 is 15.8 Å². The summed E-state index contributed by atoms with van der Waals surface area (Å²) in [5.74, 6) is -0.154. The number of hydrogen-bond donors (Lipinski definition) is 0. The summed E-state index contributed by atoms with van der Waals surface area (Å²) >= 11 is 0. The van der Waals surface area contributed by atoms with Crippen molar-refractivity contribution in [1.29, 1.82) is 0 Å². The fraction of sp³-hybridized carbons (Fsp3) is 0.273. The van der Waals surface area contributed by atoms with E-state index < -0.39 is 15.8 Å². The molecule has 6 heteroatoms. The van der Waals surface area contributed by atoms with Crippen LogP contribution in [0.4, 0.5) is 4.39 Å². The zero-order chi connectivity index (χ0) is 12.6. The molecule has 0 aliphatic carbocycles. The first-order chi connectivity index (χ1) is 7.96. The monoisotopic (exact) mass is 257 g/mol. The van der Waals surface area contributed by atoms with Crippen LogP contribution in [0, 0.1) is 5.82 Å². The third-order valence-electron chi connectivity index (χ3n) is 2.47. The van der Waals surface area contributed by atoms with Gasteiger partial charge in [0.1, 0.15) is 16.5 Å². The van der Waals surface area contributed by atoms with Crippen LogP contribution in [0.3, 0.4) is 0 Å². The molecule has 1 aromatic carbocycles. The number of halogens is 1. The summed E-state index contributed by atoms with van der Waals surface area (Å²) in [5, 5.41) is 0. The Hall–Kier alpha value is -1.56. The number of sulfonamides is 1. The molecule has 0 amide bonds. The van der Waals surface area contributed by atoms with Crippen LogP contribution < -0.4 is 0 Å². The van der Waals surface area contributed by atoms with Crippen molar-refractivity contribution in [2.75, 3.05) is 13.7 Å². The van der Waals surface area contributed by atoms with E-state index in [1.807, 2.05) is 0 Å². The van der Waals surface area contributed by atoms with Gasteiger partial charge in [0.2, 0.25) is 0 Å². The number of rotatable bonds is 2. The predicted octanol–water partition coefficient (Wildman–Crippen LogP) is 1.79. The molecule has 0 aromatic heterocycles. The maximum absolute atomic E-state index is 13.1. The summed E-state index contributed by atoms with van der Waals surface area (Å²) in [4.78, 5) is -0.0639. The predicted molar refractivity (Wildman–Crippen MR) is 61.0 cm³/mol. The molecule has 0 bridgehead atoms. The van der Waals surface area contributed by atoms with Gasteiger partial charge >= 0.3 is 0 Å². The molecule has 0 fully saturated rings. The SMILES string of the molecule is CCOC1=CN(C)S(=O)(=O)c2cc(F)ccc21. The highest BCUT2D eigenvalue weighted by atomic mass is 32.2. The lowest BCUT2D eigenvalue weighted by atomic mass is 10.2. The first-order valence-electron chi connectivity index (χ1n) is 5.09. The molecule has 0 N–H and O–H groups in total. The molecule has 92 valence electrons. The van der Waals surface area contributed by atoms with Crippen LogP contribution in [0.1, 0.15) is 12.5 Å². The van der Waals surface area contributed by atoms with Crippen LogP contribution in [0.2, 0.25) is 0 Å². The molecular formula is C11H12FNO3S. The van der Waals surface area contributed by atoms with E-state index in [0.29, 0.717) is 17.9 Å². The second kappa shape index (κ2) is 4.03. The summed E-state index contributed by atoms with van der Waals surface area (Å²) in [6, 6.07) is 3.64. The zero-order valence-corrected chi connectivity index (χ0v) is 10.3. The van der Waals surface area contributed by atoms with E-state index >= 15 is 0 Å². The van der Waals surface area contributed by atoms with E-state index in [1.54, 1.807) is 6.92 Å². The number of hydrogen-bond acceptors (Lipinski definition) is 3. The van der Waals surface area contributed by atoms with E-state index in [2.05, 4.69) is 0 Å². The number of nitrogens with zero attached hydrogens (tertiary/aromatic N) is 1. The minimum Gasteiger partial charge on any atom is -0.492 e. The molecule has 0 saturated carbocycles. The van der Waals surface area contributed by atoms with Crippen molar-refractivity contribution in [2.45, 2.75) is 11.8 Å². The van der Waals surface area contributed by atoms with Crippen LogP contribution in [0.15, 0.2) is 29.3 Å². The van der Waals surface area contributed by atoms with Crippen molar-refractivity contribution in [2.24, 2.45) is 0 Å². The number of fused-ring (bicyclic) bond motifs is 1. The molecule has 0 spiro atoms. The van der Waals surface area contributed by atoms with E-state index in [1.165, 1.54) is 25.4 Å². The Labute approximate surface area is 99.4 Å². The molecule has 17 heavy (non-hydrogen) atoms. The summed E-state index contributed by atoms with van der Waals surface area (Å²) < 4.78 is 43.4. The van der Waals surface area contributed by atoms with Crippen molar-refractivity contribution in [3.05, 3.63) is 35.8 Å². The standard InChI is InChI=1S/C11H12FNO3S/c1-3-16-10-7-13(2)17(14,15)11-6-8(12)4-5-9(10)11/h4-7H,3H2,1-2H3. The summed E-state index contributed by atoms with van der Waals surface area (Å²) in [6.07, 6.45) is 1.39. The Morgan fingerprint density at radius 1 is 1.41 bits per heavy atom. The first-order valence-corrected chi connectivity index (χ1v) is 6.53. The van der Waals surface area contributed by atoms with Gasteiger partial charge in [-0.05, 0) is 25.1 Å². The highest BCUT2D eigenvalue weighted by molar-refractivity contribution is 7.89. The molecule has 1 aromatic rings.